The molecule has 128 valence electrons. The quantitative estimate of drug-likeness (QED) is 0.509. The maximum Gasteiger partial charge on any atom is 0.271 e. The lowest BCUT2D eigenvalue weighted by Gasteiger charge is -2.16. The van der Waals surface area contributed by atoms with Crippen molar-refractivity contribution < 1.29 is 19.2 Å². The first-order chi connectivity index (χ1) is 12.0. The average Bonchev–Trinajstić information content (AvgIpc) is 2.88. The molecular formula is C17H15N3O5. The van der Waals surface area contributed by atoms with Crippen molar-refractivity contribution in [2.24, 2.45) is 0 Å². The van der Waals surface area contributed by atoms with E-state index >= 15 is 0 Å². The maximum atomic E-state index is 12.6. The molecule has 0 bridgehead atoms. The summed E-state index contributed by atoms with van der Waals surface area (Å²) in [6, 6.07) is 11.7. The Bertz CT molecular complexity index is 852. The number of hydrogen-bond acceptors (Lipinski definition) is 6. The van der Waals surface area contributed by atoms with Crippen LogP contribution in [0.4, 0.5) is 17.1 Å². The third-order valence-electron chi connectivity index (χ3n) is 3.86. The summed E-state index contributed by atoms with van der Waals surface area (Å²) in [7, 11) is 1.50. The number of hydrogen-bond donors (Lipinski definition) is 1. The zero-order chi connectivity index (χ0) is 18.0. The van der Waals surface area contributed by atoms with Crippen LogP contribution in [0.2, 0.25) is 0 Å². The van der Waals surface area contributed by atoms with Gasteiger partial charge in [0, 0.05) is 23.9 Å². The van der Waals surface area contributed by atoms with Crippen LogP contribution in [-0.4, -0.2) is 29.9 Å². The molecule has 0 saturated carbocycles. The highest BCUT2D eigenvalue weighted by Gasteiger charge is 2.39. The molecule has 1 N–H and O–H groups in total. The molecule has 1 saturated heterocycles. The zero-order valence-electron chi connectivity index (χ0n) is 13.3. The van der Waals surface area contributed by atoms with Gasteiger partial charge in [-0.15, -0.1) is 0 Å². The van der Waals surface area contributed by atoms with Crippen molar-refractivity contribution in [3.8, 4) is 5.75 Å². The van der Waals surface area contributed by atoms with Crippen molar-refractivity contribution in [3.63, 3.8) is 0 Å². The van der Waals surface area contributed by atoms with E-state index in [9.17, 15) is 19.7 Å². The van der Waals surface area contributed by atoms with Gasteiger partial charge in [-0.2, -0.15) is 0 Å². The Morgan fingerprint density at radius 1 is 1.20 bits per heavy atom. The predicted octanol–water partition coefficient (Wildman–Crippen LogP) is 2.35. The van der Waals surface area contributed by atoms with Crippen molar-refractivity contribution in [1.82, 2.24) is 0 Å². The van der Waals surface area contributed by atoms with Crippen LogP contribution in [0.15, 0.2) is 48.5 Å². The lowest BCUT2D eigenvalue weighted by atomic mass is 10.2. The number of rotatable bonds is 5. The van der Waals surface area contributed by atoms with E-state index < -0.39 is 16.9 Å². The second-order valence-corrected chi connectivity index (χ2v) is 5.48. The molecule has 2 aromatic rings. The van der Waals surface area contributed by atoms with Gasteiger partial charge in [0.1, 0.15) is 11.8 Å². The Kier molecular flexibility index (Phi) is 4.34. The molecule has 25 heavy (non-hydrogen) atoms. The highest BCUT2D eigenvalue weighted by atomic mass is 16.6. The Hall–Kier alpha value is -3.42. The summed E-state index contributed by atoms with van der Waals surface area (Å²) >= 11 is 0. The van der Waals surface area contributed by atoms with Crippen molar-refractivity contribution in [1.29, 1.82) is 0 Å². The van der Waals surface area contributed by atoms with E-state index in [2.05, 4.69) is 5.32 Å². The maximum absolute atomic E-state index is 12.6. The van der Waals surface area contributed by atoms with Crippen LogP contribution in [0.5, 0.6) is 5.75 Å². The molecule has 0 unspecified atom stereocenters. The number of non-ortho nitro benzene ring substituents is 1. The fourth-order valence-electron chi connectivity index (χ4n) is 2.68. The number of nitrogens with zero attached hydrogens (tertiary/aromatic N) is 2. The summed E-state index contributed by atoms with van der Waals surface area (Å²) in [4.78, 5) is 36.3. The Morgan fingerprint density at radius 3 is 2.68 bits per heavy atom. The molecule has 0 aliphatic carbocycles. The van der Waals surface area contributed by atoms with Crippen molar-refractivity contribution >= 4 is 28.9 Å². The van der Waals surface area contributed by atoms with Crippen LogP contribution in [-0.2, 0) is 9.59 Å². The number of benzene rings is 2. The van der Waals surface area contributed by atoms with Crippen LogP contribution in [0.3, 0.4) is 0 Å². The molecule has 0 radical (unpaired) electrons. The standard InChI is InChI=1S/C17H15N3O5/c1-25-14-7-3-5-12(9-14)19-16(21)10-15(17(19)22)18-11-4-2-6-13(8-11)20(23)24/h2-9,15,18H,10H2,1H3/t15-/m0/s1. The highest BCUT2D eigenvalue weighted by Crippen LogP contribution is 2.28. The van der Waals surface area contributed by atoms with Crippen LogP contribution in [0, 0.1) is 10.1 Å². The Morgan fingerprint density at radius 2 is 1.96 bits per heavy atom. The van der Waals surface area contributed by atoms with Gasteiger partial charge in [-0.3, -0.25) is 19.7 Å². The van der Waals surface area contributed by atoms with E-state index in [1.807, 2.05) is 0 Å². The van der Waals surface area contributed by atoms with Gasteiger partial charge < -0.3 is 10.1 Å². The van der Waals surface area contributed by atoms with E-state index in [-0.39, 0.29) is 18.0 Å². The highest BCUT2D eigenvalue weighted by molar-refractivity contribution is 6.23. The number of nitro benzene ring substituents is 1. The number of anilines is 2. The van der Waals surface area contributed by atoms with Crippen LogP contribution in [0.1, 0.15) is 6.42 Å². The summed E-state index contributed by atoms with van der Waals surface area (Å²) in [6.45, 7) is 0. The van der Waals surface area contributed by atoms with E-state index in [4.69, 9.17) is 4.74 Å². The van der Waals surface area contributed by atoms with Gasteiger partial charge in [0.25, 0.3) is 11.6 Å². The molecule has 3 rings (SSSR count). The average molecular weight is 341 g/mol. The summed E-state index contributed by atoms with van der Waals surface area (Å²) in [5.41, 5.74) is 0.747. The zero-order valence-corrected chi connectivity index (χ0v) is 13.3. The Balaban J connectivity index is 1.81. The third-order valence-corrected chi connectivity index (χ3v) is 3.86. The number of nitrogens with one attached hydrogen (secondary N) is 1. The first kappa shape index (κ1) is 16.4. The van der Waals surface area contributed by atoms with Crippen LogP contribution < -0.4 is 15.0 Å². The van der Waals surface area contributed by atoms with Crippen molar-refractivity contribution in [2.75, 3.05) is 17.3 Å². The fourth-order valence-corrected chi connectivity index (χ4v) is 2.68. The smallest absolute Gasteiger partial charge is 0.271 e. The van der Waals surface area contributed by atoms with Gasteiger partial charge in [0.15, 0.2) is 0 Å². The van der Waals surface area contributed by atoms with Gasteiger partial charge >= 0.3 is 0 Å². The third kappa shape index (κ3) is 3.27. The lowest BCUT2D eigenvalue weighted by Crippen LogP contribution is -2.34. The summed E-state index contributed by atoms with van der Waals surface area (Å²) in [5, 5.41) is 13.7. The van der Waals surface area contributed by atoms with Gasteiger partial charge in [-0.25, -0.2) is 4.90 Å². The van der Waals surface area contributed by atoms with Crippen LogP contribution >= 0.6 is 0 Å². The molecule has 2 amide bonds. The molecule has 1 aliphatic rings. The molecule has 8 nitrogen and oxygen atoms in total. The van der Waals surface area contributed by atoms with Gasteiger partial charge in [0.05, 0.1) is 24.1 Å². The number of methoxy groups -OCH3 is 1. The number of nitro groups is 1. The molecule has 2 aromatic carbocycles. The van der Waals surface area contributed by atoms with Crippen molar-refractivity contribution in [2.45, 2.75) is 12.5 Å². The number of amides is 2. The molecule has 1 heterocycles. The summed E-state index contributed by atoms with van der Waals surface area (Å²) in [5.74, 6) is -0.223. The summed E-state index contributed by atoms with van der Waals surface area (Å²) < 4.78 is 5.11. The molecule has 1 atom stereocenters. The molecule has 1 fully saturated rings. The van der Waals surface area contributed by atoms with E-state index in [0.29, 0.717) is 17.1 Å². The summed E-state index contributed by atoms with van der Waals surface area (Å²) in [6.07, 6.45) is -0.0290. The Labute approximate surface area is 143 Å². The van der Waals surface area contributed by atoms with Gasteiger partial charge in [0.2, 0.25) is 5.91 Å². The lowest BCUT2D eigenvalue weighted by molar-refractivity contribution is -0.384. The topological polar surface area (TPSA) is 102 Å². The number of carbonyl (C=O) groups excluding carboxylic acids is 2. The minimum absolute atomic E-state index is 0.0290. The monoisotopic (exact) mass is 341 g/mol. The van der Waals surface area contributed by atoms with E-state index in [0.717, 1.165) is 4.90 Å². The van der Waals surface area contributed by atoms with E-state index in [1.165, 1.54) is 25.3 Å². The number of imide groups is 1. The first-order valence-corrected chi connectivity index (χ1v) is 7.51. The SMILES string of the molecule is COc1cccc(N2C(=O)C[C@H](Nc3cccc([N+](=O)[O-])c3)C2=O)c1. The fraction of sp³-hybridized carbons (Fsp3) is 0.176. The van der Waals surface area contributed by atoms with Gasteiger partial charge in [-0.1, -0.05) is 12.1 Å². The van der Waals surface area contributed by atoms with E-state index in [1.54, 1.807) is 30.3 Å². The molecule has 0 aromatic heterocycles. The second-order valence-electron chi connectivity index (χ2n) is 5.48. The normalized spacial score (nSPS) is 16.8. The number of carbonyl (C=O) groups is 2. The molecule has 1 aliphatic heterocycles. The largest absolute Gasteiger partial charge is 0.497 e. The molecular weight excluding hydrogens is 326 g/mol. The van der Waals surface area contributed by atoms with Gasteiger partial charge in [-0.05, 0) is 18.2 Å². The van der Waals surface area contributed by atoms with Crippen LogP contribution in [0.25, 0.3) is 0 Å². The second kappa shape index (κ2) is 6.60. The minimum Gasteiger partial charge on any atom is -0.497 e. The minimum atomic E-state index is -0.777. The predicted molar refractivity (Wildman–Crippen MR) is 90.6 cm³/mol. The first-order valence-electron chi connectivity index (χ1n) is 7.51. The number of ether oxygens (including phenoxy) is 1. The molecule has 0 spiro atoms. The van der Waals surface area contributed by atoms with Crippen molar-refractivity contribution in [3.05, 3.63) is 58.6 Å². The molecule has 8 heteroatoms.